The number of benzene rings is 1. The predicted octanol–water partition coefficient (Wildman–Crippen LogP) is 2.05. The number of hydrogen-bond donors (Lipinski definition) is 0. The van der Waals surface area contributed by atoms with E-state index < -0.39 is 32.2 Å². The van der Waals surface area contributed by atoms with Crippen LogP contribution in [0.2, 0.25) is 0 Å². The summed E-state index contributed by atoms with van der Waals surface area (Å²) in [5.41, 5.74) is -4.86. The molecule has 0 radical (unpaired) electrons. The molecule has 1 fully saturated rings. The third kappa shape index (κ3) is 4.15. The van der Waals surface area contributed by atoms with Gasteiger partial charge in [0.15, 0.2) is 0 Å². The van der Waals surface area contributed by atoms with Crippen LogP contribution in [-0.2, 0) is 21.2 Å². The summed E-state index contributed by atoms with van der Waals surface area (Å²) in [7, 11) is -2.46. The van der Waals surface area contributed by atoms with Crippen LogP contribution in [0.4, 0.5) is 23.7 Å². The Balaban J connectivity index is 1.84. The molecule has 2 heterocycles. The second-order valence-electron chi connectivity index (χ2n) is 7.04. The minimum Gasteiger partial charge on any atom is -0.345 e. The highest BCUT2D eigenvalue weighted by Gasteiger charge is 2.47. The van der Waals surface area contributed by atoms with Crippen molar-refractivity contribution in [2.24, 2.45) is 0 Å². The molecule has 1 aliphatic heterocycles. The van der Waals surface area contributed by atoms with E-state index in [9.17, 15) is 36.0 Å². The van der Waals surface area contributed by atoms with E-state index in [2.05, 4.69) is 4.98 Å². The molecular weight excluding hydrogens is 453 g/mol. The maximum Gasteiger partial charge on any atom is 0.501 e. The quantitative estimate of drug-likeness (QED) is 0.619. The van der Waals surface area contributed by atoms with Crippen molar-refractivity contribution in [3.63, 3.8) is 0 Å². The van der Waals surface area contributed by atoms with Crippen LogP contribution in [0.25, 0.3) is 0 Å². The van der Waals surface area contributed by atoms with Crippen LogP contribution in [0, 0.1) is 0 Å². The zero-order valence-electron chi connectivity index (χ0n) is 16.8. The van der Waals surface area contributed by atoms with Crippen LogP contribution >= 0.6 is 0 Å². The first-order chi connectivity index (χ1) is 14.8. The summed E-state index contributed by atoms with van der Waals surface area (Å²) >= 11 is 0. The SMILES string of the molecule is CN(C)C(=O)c1cnccc1CN1CC(=O)N(c2ccc(S(=O)(=O)C(F)(F)F)cc2)C1=O. The number of pyridine rings is 1. The first-order valence-electron chi connectivity index (χ1n) is 9.02. The average molecular weight is 470 g/mol. The lowest BCUT2D eigenvalue weighted by Gasteiger charge is -2.19. The number of halogens is 3. The van der Waals surface area contributed by atoms with E-state index in [0.717, 1.165) is 21.9 Å². The van der Waals surface area contributed by atoms with Gasteiger partial charge in [0, 0.05) is 33.0 Å². The third-order valence-corrected chi connectivity index (χ3v) is 6.16. The number of amides is 4. The molecule has 0 N–H and O–H groups in total. The van der Waals surface area contributed by atoms with Crippen LogP contribution in [0.1, 0.15) is 15.9 Å². The number of imide groups is 1. The minimum absolute atomic E-state index is 0.0806. The monoisotopic (exact) mass is 470 g/mol. The molecule has 0 unspecified atom stereocenters. The van der Waals surface area contributed by atoms with Crippen molar-refractivity contribution in [3.05, 3.63) is 53.9 Å². The second kappa shape index (κ2) is 8.22. The van der Waals surface area contributed by atoms with Crippen LogP contribution in [0.3, 0.4) is 0 Å². The molecular formula is C19H17F3N4O5S. The van der Waals surface area contributed by atoms with Crippen LogP contribution in [0.5, 0.6) is 0 Å². The fourth-order valence-corrected chi connectivity index (χ4v) is 3.80. The van der Waals surface area contributed by atoms with Crippen LogP contribution < -0.4 is 4.90 Å². The molecule has 1 aromatic heterocycles. The van der Waals surface area contributed by atoms with Crippen molar-refractivity contribution in [2.45, 2.75) is 16.9 Å². The van der Waals surface area contributed by atoms with Gasteiger partial charge < -0.3 is 9.80 Å². The van der Waals surface area contributed by atoms with Gasteiger partial charge in [-0.25, -0.2) is 18.1 Å². The number of hydrogen-bond acceptors (Lipinski definition) is 6. The van der Waals surface area contributed by atoms with Gasteiger partial charge in [-0.05, 0) is 35.9 Å². The highest BCUT2D eigenvalue weighted by Crippen LogP contribution is 2.32. The largest absolute Gasteiger partial charge is 0.501 e. The Hall–Kier alpha value is -3.48. The number of nitrogens with zero attached hydrogens (tertiary/aromatic N) is 4. The van der Waals surface area contributed by atoms with Gasteiger partial charge in [0.25, 0.3) is 21.7 Å². The van der Waals surface area contributed by atoms with Crippen molar-refractivity contribution in [2.75, 3.05) is 25.5 Å². The fraction of sp³-hybridized carbons (Fsp3) is 0.263. The molecule has 2 aromatic rings. The van der Waals surface area contributed by atoms with Gasteiger partial charge in [-0.2, -0.15) is 13.2 Å². The normalized spacial score (nSPS) is 14.8. The lowest BCUT2D eigenvalue weighted by molar-refractivity contribution is -0.116. The Kier molecular flexibility index (Phi) is 5.96. The van der Waals surface area contributed by atoms with Gasteiger partial charge in [0.2, 0.25) is 0 Å². The van der Waals surface area contributed by atoms with E-state index >= 15 is 0 Å². The first-order valence-corrected chi connectivity index (χ1v) is 10.5. The molecule has 0 atom stereocenters. The lowest BCUT2D eigenvalue weighted by atomic mass is 10.1. The molecule has 0 aliphatic carbocycles. The summed E-state index contributed by atoms with van der Waals surface area (Å²) in [6.07, 6.45) is 2.78. The molecule has 0 spiro atoms. The van der Waals surface area contributed by atoms with Gasteiger partial charge in [0.1, 0.15) is 6.54 Å². The third-order valence-electron chi connectivity index (χ3n) is 4.66. The van der Waals surface area contributed by atoms with E-state index in [-0.39, 0.29) is 30.2 Å². The van der Waals surface area contributed by atoms with Crippen molar-refractivity contribution in [1.82, 2.24) is 14.8 Å². The highest BCUT2D eigenvalue weighted by atomic mass is 32.2. The Morgan fingerprint density at radius 1 is 1.12 bits per heavy atom. The van der Waals surface area contributed by atoms with E-state index in [1.807, 2.05) is 0 Å². The number of alkyl halides is 3. The van der Waals surface area contributed by atoms with E-state index in [4.69, 9.17) is 0 Å². The summed E-state index contributed by atoms with van der Waals surface area (Å²) < 4.78 is 61.1. The molecule has 13 heteroatoms. The number of aromatic nitrogens is 1. The molecule has 1 saturated heterocycles. The summed E-state index contributed by atoms with van der Waals surface area (Å²) in [5.74, 6) is -1.000. The molecule has 9 nitrogen and oxygen atoms in total. The molecule has 3 rings (SSSR count). The van der Waals surface area contributed by atoms with E-state index in [1.165, 1.54) is 23.4 Å². The first kappa shape index (κ1) is 23.2. The number of carbonyl (C=O) groups excluding carboxylic acids is 3. The molecule has 1 aliphatic rings. The molecule has 1 aromatic carbocycles. The summed E-state index contributed by atoms with van der Waals surface area (Å²) in [5, 5.41) is 0. The standard InChI is InChI=1S/C19H17F3N4O5S/c1-24(2)17(28)15-9-23-8-7-12(15)10-25-11-16(27)26(18(25)29)13-3-5-14(6-4-13)32(30,31)19(20,21)22/h3-9H,10-11H2,1-2H3. The molecule has 32 heavy (non-hydrogen) atoms. The van der Waals surface area contributed by atoms with Crippen molar-refractivity contribution in [3.8, 4) is 0 Å². The van der Waals surface area contributed by atoms with E-state index in [0.29, 0.717) is 17.7 Å². The van der Waals surface area contributed by atoms with Gasteiger partial charge in [0.05, 0.1) is 16.1 Å². The van der Waals surface area contributed by atoms with Gasteiger partial charge in [-0.3, -0.25) is 14.6 Å². The highest BCUT2D eigenvalue weighted by molar-refractivity contribution is 7.92. The second-order valence-corrected chi connectivity index (χ2v) is 8.98. The Labute approximate surface area is 181 Å². The zero-order valence-corrected chi connectivity index (χ0v) is 17.6. The maximum atomic E-state index is 12.8. The van der Waals surface area contributed by atoms with Gasteiger partial charge >= 0.3 is 11.5 Å². The molecule has 0 saturated carbocycles. The average Bonchev–Trinajstić information content (AvgIpc) is 3.00. The Morgan fingerprint density at radius 2 is 1.75 bits per heavy atom. The maximum absolute atomic E-state index is 12.8. The lowest BCUT2D eigenvalue weighted by Crippen LogP contribution is -2.33. The summed E-state index contributed by atoms with van der Waals surface area (Å²) in [6.45, 7) is -0.418. The molecule has 170 valence electrons. The van der Waals surface area contributed by atoms with Crippen molar-refractivity contribution >= 4 is 33.4 Å². The van der Waals surface area contributed by atoms with Crippen LogP contribution in [0.15, 0.2) is 47.6 Å². The fourth-order valence-electron chi connectivity index (χ4n) is 3.04. The van der Waals surface area contributed by atoms with Crippen LogP contribution in [-0.4, -0.2) is 67.2 Å². The van der Waals surface area contributed by atoms with Gasteiger partial charge in [-0.15, -0.1) is 0 Å². The number of carbonyl (C=O) groups is 3. The number of rotatable bonds is 5. The molecule has 4 amide bonds. The number of sulfone groups is 1. The van der Waals surface area contributed by atoms with E-state index in [1.54, 1.807) is 14.1 Å². The van der Waals surface area contributed by atoms with Gasteiger partial charge in [-0.1, -0.05) is 0 Å². The Morgan fingerprint density at radius 3 is 2.31 bits per heavy atom. The number of anilines is 1. The zero-order chi connectivity index (χ0) is 23.8. The van der Waals surface area contributed by atoms with Crippen molar-refractivity contribution in [1.29, 1.82) is 0 Å². The number of urea groups is 1. The minimum atomic E-state index is -5.56. The predicted molar refractivity (Wildman–Crippen MR) is 105 cm³/mol. The summed E-state index contributed by atoms with van der Waals surface area (Å²) in [4.78, 5) is 43.7. The summed E-state index contributed by atoms with van der Waals surface area (Å²) in [6, 6.07) is 4.03. The smallest absolute Gasteiger partial charge is 0.345 e. The Bertz CT molecular complexity index is 1180. The van der Waals surface area contributed by atoms with Crippen molar-refractivity contribution < 1.29 is 36.0 Å². The molecule has 0 bridgehead atoms. The topological polar surface area (TPSA) is 108 Å².